The number of benzene rings is 1. The van der Waals surface area contributed by atoms with Crippen LogP contribution < -0.4 is 9.64 Å². The van der Waals surface area contributed by atoms with Crippen molar-refractivity contribution in [2.75, 3.05) is 39.5 Å². The first kappa shape index (κ1) is 16.0. The molecule has 4 heteroatoms. The number of rotatable bonds is 8. The van der Waals surface area contributed by atoms with Crippen LogP contribution in [0.3, 0.4) is 0 Å². The number of nitrogens with one attached hydrogen (secondary N) is 1. The first-order valence-electron chi connectivity index (χ1n) is 7.87. The molecule has 1 aromatic rings. The van der Waals surface area contributed by atoms with Gasteiger partial charge in [0.1, 0.15) is 25.2 Å². The highest BCUT2D eigenvalue weighted by Gasteiger charge is 2.18. The SMILES string of the molecule is C[C@H]1CCC[NH+](CCOCCOc2ccc(C=O)cc2)C1. The molecule has 1 unspecified atom stereocenters. The van der Waals surface area contributed by atoms with Crippen LogP contribution in [-0.2, 0) is 4.74 Å². The molecule has 1 heterocycles. The van der Waals surface area contributed by atoms with Crippen LogP contribution in [0.4, 0.5) is 0 Å². The number of aldehydes is 1. The minimum atomic E-state index is 0.548. The van der Waals surface area contributed by atoms with Gasteiger partial charge in [0.15, 0.2) is 0 Å². The number of quaternary nitrogens is 1. The molecule has 1 fully saturated rings. The summed E-state index contributed by atoms with van der Waals surface area (Å²) >= 11 is 0. The Morgan fingerprint density at radius 1 is 1.24 bits per heavy atom. The topological polar surface area (TPSA) is 40.0 Å². The Balaban J connectivity index is 1.52. The van der Waals surface area contributed by atoms with Crippen molar-refractivity contribution in [3.05, 3.63) is 29.8 Å². The summed E-state index contributed by atoms with van der Waals surface area (Å²) in [6.45, 7) is 7.96. The van der Waals surface area contributed by atoms with Crippen molar-refractivity contribution in [3.63, 3.8) is 0 Å². The number of hydrogen-bond acceptors (Lipinski definition) is 3. The zero-order valence-corrected chi connectivity index (χ0v) is 12.8. The van der Waals surface area contributed by atoms with Crippen molar-refractivity contribution >= 4 is 6.29 Å². The van der Waals surface area contributed by atoms with Gasteiger partial charge in [-0.05, 0) is 37.1 Å². The Morgan fingerprint density at radius 3 is 2.76 bits per heavy atom. The number of hydrogen-bond donors (Lipinski definition) is 1. The minimum absolute atomic E-state index is 0.548. The highest BCUT2D eigenvalue weighted by molar-refractivity contribution is 5.74. The molecule has 0 radical (unpaired) electrons. The molecule has 0 amide bonds. The molecule has 1 aliphatic rings. The van der Waals surface area contributed by atoms with E-state index in [4.69, 9.17) is 9.47 Å². The van der Waals surface area contributed by atoms with E-state index in [1.54, 1.807) is 17.0 Å². The van der Waals surface area contributed by atoms with Gasteiger partial charge in [-0.2, -0.15) is 0 Å². The minimum Gasteiger partial charge on any atom is -0.491 e. The van der Waals surface area contributed by atoms with E-state index in [0.717, 1.165) is 31.1 Å². The molecule has 21 heavy (non-hydrogen) atoms. The Hall–Kier alpha value is -1.39. The lowest BCUT2D eigenvalue weighted by molar-refractivity contribution is -0.908. The third-order valence-electron chi connectivity index (χ3n) is 3.98. The van der Waals surface area contributed by atoms with Crippen molar-refractivity contribution in [2.24, 2.45) is 5.92 Å². The molecular weight excluding hydrogens is 266 g/mol. The van der Waals surface area contributed by atoms with Gasteiger partial charge in [0.25, 0.3) is 0 Å². The van der Waals surface area contributed by atoms with Crippen molar-refractivity contribution in [1.82, 2.24) is 0 Å². The first-order valence-corrected chi connectivity index (χ1v) is 7.87. The Bertz CT molecular complexity index is 419. The molecule has 1 aromatic carbocycles. The molecule has 0 aliphatic carbocycles. The second-order valence-corrected chi connectivity index (χ2v) is 5.85. The average molecular weight is 292 g/mol. The number of carbonyl (C=O) groups is 1. The van der Waals surface area contributed by atoms with Crippen molar-refractivity contribution in [1.29, 1.82) is 0 Å². The largest absolute Gasteiger partial charge is 0.491 e. The summed E-state index contributed by atoms with van der Waals surface area (Å²) in [7, 11) is 0. The van der Waals surface area contributed by atoms with E-state index in [0.29, 0.717) is 18.8 Å². The van der Waals surface area contributed by atoms with Gasteiger partial charge in [-0.3, -0.25) is 4.79 Å². The van der Waals surface area contributed by atoms with Gasteiger partial charge in [0, 0.05) is 11.5 Å². The summed E-state index contributed by atoms with van der Waals surface area (Å²) in [6.07, 6.45) is 3.55. The zero-order valence-electron chi connectivity index (χ0n) is 12.8. The van der Waals surface area contributed by atoms with Crippen LogP contribution in [-0.4, -0.2) is 45.7 Å². The monoisotopic (exact) mass is 292 g/mol. The number of ether oxygens (including phenoxy) is 2. The van der Waals surface area contributed by atoms with E-state index >= 15 is 0 Å². The van der Waals surface area contributed by atoms with E-state index in [2.05, 4.69) is 6.92 Å². The number of piperidine rings is 1. The zero-order chi connectivity index (χ0) is 14.9. The molecule has 0 saturated carbocycles. The second kappa shape index (κ2) is 8.80. The Labute approximate surface area is 127 Å². The highest BCUT2D eigenvalue weighted by atomic mass is 16.5. The molecule has 0 aromatic heterocycles. The standard InChI is InChI=1S/C17H25NO3/c1-15-3-2-8-18(13-15)9-10-20-11-12-21-17-6-4-16(14-19)5-7-17/h4-7,14-15H,2-3,8-13H2,1H3/p+1/t15-/m0/s1. The van der Waals surface area contributed by atoms with Crippen LogP contribution >= 0.6 is 0 Å². The molecule has 0 spiro atoms. The van der Waals surface area contributed by atoms with Crippen LogP contribution in [0, 0.1) is 5.92 Å². The molecule has 1 saturated heterocycles. The maximum atomic E-state index is 10.5. The fraction of sp³-hybridized carbons (Fsp3) is 0.588. The lowest BCUT2D eigenvalue weighted by Gasteiger charge is -2.27. The van der Waals surface area contributed by atoms with Crippen molar-refractivity contribution in [2.45, 2.75) is 19.8 Å². The average Bonchev–Trinajstić information content (AvgIpc) is 2.51. The highest BCUT2D eigenvalue weighted by Crippen LogP contribution is 2.10. The summed E-state index contributed by atoms with van der Waals surface area (Å²) in [5.74, 6) is 1.63. The molecule has 2 rings (SSSR count). The molecule has 0 bridgehead atoms. The maximum absolute atomic E-state index is 10.5. The van der Waals surface area contributed by atoms with Crippen LogP contribution in [0.5, 0.6) is 5.75 Å². The first-order chi connectivity index (χ1) is 10.3. The van der Waals surface area contributed by atoms with Crippen LogP contribution in [0.2, 0.25) is 0 Å². The summed E-state index contributed by atoms with van der Waals surface area (Å²) in [5, 5.41) is 0. The fourth-order valence-corrected chi connectivity index (χ4v) is 2.80. The van der Waals surface area contributed by atoms with Gasteiger partial charge < -0.3 is 14.4 Å². The fourth-order valence-electron chi connectivity index (χ4n) is 2.80. The second-order valence-electron chi connectivity index (χ2n) is 5.85. The normalized spacial score (nSPS) is 22.0. The lowest BCUT2D eigenvalue weighted by Crippen LogP contribution is -3.14. The summed E-state index contributed by atoms with van der Waals surface area (Å²) in [5.41, 5.74) is 0.664. The van der Waals surface area contributed by atoms with Gasteiger partial charge in [0.2, 0.25) is 0 Å². The van der Waals surface area contributed by atoms with E-state index in [1.807, 2.05) is 12.1 Å². The van der Waals surface area contributed by atoms with Crippen molar-refractivity contribution < 1.29 is 19.2 Å². The third kappa shape index (κ3) is 5.86. The molecule has 116 valence electrons. The van der Waals surface area contributed by atoms with Crippen molar-refractivity contribution in [3.8, 4) is 5.75 Å². The van der Waals surface area contributed by atoms with Gasteiger partial charge >= 0.3 is 0 Å². The Kier molecular flexibility index (Phi) is 6.70. The van der Waals surface area contributed by atoms with Gasteiger partial charge in [-0.1, -0.05) is 6.92 Å². The van der Waals surface area contributed by atoms with E-state index in [1.165, 1.54) is 25.9 Å². The third-order valence-corrected chi connectivity index (χ3v) is 3.98. The molecule has 1 aliphatic heterocycles. The predicted molar refractivity (Wildman–Crippen MR) is 82.1 cm³/mol. The summed E-state index contributed by atoms with van der Waals surface area (Å²) < 4.78 is 11.2. The van der Waals surface area contributed by atoms with Crippen LogP contribution in [0.25, 0.3) is 0 Å². The van der Waals surface area contributed by atoms with E-state index < -0.39 is 0 Å². The van der Waals surface area contributed by atoms with Gasteiger partial charge in [-0.25, -0.2) is 0 Å². The quantitative estimate of drug-likeness (QED) is 0.578. The number of likely N-dealkylation sites (tertiary alicyclic amines) is 1. The van der Waals surface area contributed by atoms with E-state index in [-0.39, 0.29) is 0 Å². The lowest BCUT2D eigenvalue weighted by atomic mass is 10.0. The van der Waals surface area contributed by atoms with Crippen LogP contribution in [0.15, 0.2) is 24.3 Å². The Morgan fingerprint density at radius 2 is 2.05 bits per heavy atom. The maximum Gasteiger partial charge on any atom is 0.150 e. The van der Waals surface area contributed by atoms with Gasteiger partial charge in [-0.15, -0.1) is 0 Å². The summed E-state index contributed by atoms with van der Waals surface area (Å²) in [4.78, 5) is 12.2. The number of carbonyl (C=O) groups excluding carboxylic acids is 1. The van der Waals surface area contributed by atoms with Gasteiger partial charge in [0.05, 0.1) is 26.3 Å². The predicted octanol–water partition coefficient (Wildman–Crippen LogP) is 1.21. The summed E-state index contributed by atoms with van der Waals surface area (Å²) in [6, 6.07) is 7.13. The smallest absolute Gasteiger partial charge is 0.150 e. The van der Waals surface area contributed by atoms with E-state index in [9.17, 15) is 4.79 Å². The molecular formula is C17H26NO3+. The molecule has 4 nitrogen and oxygen atoms in total. The van der Waals surface area contributed by atoms with Crippen LogP contribution in [0.1, 0.15) is 30.1 Å². The molecule has 2 atom stereocenters. The molecule has 1 N–H and O–H groups in total.